The highest BCUT2D eigenvalue weighted by Gasteiger charge is 2.21. The minimum atomic E-state index is -0.163. The Morgan fingerprint density at radius 1 is 1.60 bits per heavy atom. The molecule has 1 saturated heterocycles. The van der Waals surface area contributed by atoms with Gasteiger partial charge in [-0.25, -0.2) is 0 Å². The van der Waals surface area contributed by atoms with Crippen molar-refractivity contribution in [3.8, 4) is 0 Å². The molecule has 0 aliphatic carbocycles. The quantitative estimate of drug-likeness (QED) is 0.699. The number of piperidine rings is 1. The predicted octanol–water partition coefficient (Wildman–Crippen LogP) is 0.642. The maximum absolute atomic E-state index is 11.4. The molecular weight excluding hydrogens is 194 g/mol. The number of aliphatic hydroxyl groups is 1. The fraction of sp³-hybridized carbons (Fsp3) is 0.909. The summed E-state index contributed by atoms with van der Waals surface area (Å²) in [5.41, 5.74) is 0. The van der Waals surface area contributed by atoms with Gasteiger partial charge < -0.3 is 9.84 Å². The Labute approximate surface area is 91.2 Å². The Balaban J connectivity index is 2.28. The second-order valence-electron chi connectivity index (χ2n) is 4.46. The summed E-state index contributed by atoms with van der Waals surface area (Å²) in [5.74, 6) is 0.161. The van der Waals surface area contributed by atoms with Crippen molar-refractivity contribution in [3.05, 3.63) is 0 Å². The molecule has 1 N–H and O–H groups in total. The average molecular weight is 215 g/mol. The number of aliphatic hydroxyl groups excluding tert-OH is 1. The maximum atomic E-state index is 11.4. The molecule has 4 nitrogen and oxygen atoms in total. The first-order valence-electron chi connectivity index (χ1n) is 5.64. The smallest absolute Gasteiger partial charge is 0.320 e. The van der Waals surface area contributed by atoms with E-state index in [9.17, 15) is 4.79 Å². The molecule has 1 aliphatic rings. The number of likely N-dealkylation sites (tertiary alicyclic amines) is 1. The Morgan fingerprint density at radius 2 is 2.33 bits per heavy atom. The number of carbonyl (C=O) groups is 1. The van der Waals surface area contributed by atoms with E-state index in [0.29, 0.717) is 12.5 Å². The zero-order chi connectivity index (χ0) is 11.3. The maximum Gasteiger partial charge on any atom is 0.320 e. The van der Waals surface area contributed by atoms with Gasteiger partial charge in [-0.2, -0.15) is 0 Å². The van der Waals surface area contributed by atoms with Crippen molar-refractivity contribution in [2.24, 2.45) is 5.92 Å². The summed E-state index contributed by atoms with van der Waals surface area (Å²) in [7, 11) is 0. The fourth-order valence-corrected chi connectivity index (χ4v) is 1.93. The zero-order valence-corrected chi connectivity index (χ0v) is 9.61. The fourth-order valence-electron chi connectivity index (χ4n) is 1.93. The number of nitrogens with zero attached hydrogens (tertiary/aromatic N) is 1. The Morgan fingerprint density at radius 3 is 2.93 bits per heavy atom. The van der Waals surface area contributed by atoms with E-state index < -0.39 is 0 Å². The van der Waals surface area contributed by atoms with Crippen LogP contribution in [0.5, 0.6) is 0 Å². The zero-order valence-electron chi connectivity index (χ0n) is 9.61. The van der Waals surface area contributed by atoms with Crippen LogP contribution in [0.3, 0.4) is 0 Å². The van der Waals surface area contributed by atoms with Crippen LogP contribution in [-0.4, -0.2) is 48.3 Å². The van der Waals surface area contributed by atoms with Gasteiger partial charge in [-0.1, -0.05) is 0 Å². The van der Waals surface area contributed by atoms with Gasteiger partial charge in [-0.3, -0.25) is 9.69 Å². The highest BCUT2D eigenvalue weighted by Crippen LogP contribution is 2.15. The van der Waals surface area contributed by atoms with E-state index in [1.54, 1.807) is 0 Å². The molecule has 1 aliphatic heterocycles. The lowest BCUT2D eigenvalue weighted by atomic mass is 9.99. The van der Waals surface area contributed by atoms with Crippen molar-refractivity contribution >= 4 is 5.97 Å². The van der Waals surface area contributed by atoms with Crippen LogP contribution in [0.2, 0.25) is 0 Å². The van der Waals surface area contributed by atoms with Crippen LogP contribution < -0.4 is 0 Å². The lowest BCUT2D eigenvalue weighted by molar-refractivity contribution is -0.149. The molecule has 1 fully saturated rings. The van der Waals surface area contributed by atoms with E-state index in [1.165, 1.54) is 0 Å². The van der Waals surface area contributed by atoms with Crippen molar-refractivity contribution < 1.29 is 14.6 Å². The third kappa shape index (κ3) is 4.62. The lowest BCUT2D eigenvalue weighted by Crippen LogP contribution is -2.40. The highest BCUT2D eigenvalue weighted by molar-refractivity contribution is 5.71. The lowest BCUT2D eigenvalue weighted by Gasteiger charge is -2.30. The number of hydrogen-bond donors (Lipinski definition) is 1. The molecule has 4 heteroatoms. The van der Waals surface area contributed by atoms with Crippen LogP contribution in [0.4, 0.5) is 0 Å². The molecule has 0 aromatic heterocycles. The summed E-state index contributed by atoms with van der Waals surface area (Å²) in [6.45, 7) is 6.02. The first-order chi connectivity index (χ1) is 7.11. The Bertz CT molecular complexity index is 206. The van der Waals surface area contributed by atoms with E-state index in [4.69, 9.17) is 9.84 Å². The van der Waals surface area contributed by atoms with Gasteiger partial charge in [-0.15, -0.1) is 0 Å². The molecule has 0 amide bonds. The summed E-state index contributed by atoms with van der Waals surface area (Å²) < 4.78 is 5.08. The molecule has 0 radical (unpaired) electrons. The molecule has 1 rings (SSSR count). The number of carbonyl (C=O) groups excluding carboxylic acids is 1. The summed E-state index contributed by atoms with van der Waals surface area (Å²) in [6.07, 6.45) is 2.07. The van der Waals surface area contributed by atoms with Gasteiger partial charge in [0.1, 0.15) is 0 Å². The molecule has 88 valence electrons. The number of rotatable bonds is 4. The van der Waals surface area contributed by atoms with Crippen molar-refractivity contribution in [1.29, 1.82) is 0 Å². The molecule has 1 atom stereocenters. The standard InChI is InChI=1S/C11H21NO3/c1-9(2)15-11(14)7-12-5-3-4-10(6-12)8-13/h9-10,13H,3-8H2,1-2H3. The van der Waals surface area contributed by atoms with Gasteiger partial charge in [0.2, 0.25) is 0 Å². The van der Waals surface area contributed by atoms with E-state index in [2.05, 4.69) is 4.90 Å². The third-order valence-electron chi connectivity index (χ3n) is 2.58. The van der Waals surface area contributed by atoms with Crippen LogP contribution >= 0.6 is 0 Å². The molecule has 1 unspecified atom stereocenters. The number of hydrogen-bond acceptors (Lipinski definition) is 4. The van der Waals surface area contributed by atoms with Gasteiger partial charge in [0.15, 0.2) is 0 Å². The average Bonchev–Trinajstić information content (AvgIpc) is 2.16. The van der Waals surface area contributed by atoms with Crippen LogP contribution in [-0.2, 0) is 9.53 Å². The van der Waals surface area contributed by atoms with Crippen LogP contribution in [0, 0.1) is 5.92 Å². The third-order valence-corrected chi connectivity index (χ3v) is 2.58. The second-order valence-corrected chi connectivity index (χ2v) is 4.46. The second kappa shape index (κ2) is 6.08. The molecule has 0 spiro atoms. The van der Waals surface area contributed by atoms with E-state index in [1.807, 2.05) is 13.8 Å². The summed E-state index contributed by atoms with van der Waals surface area (Å²) in [4.78, 5) is 13.5. The van der Waals surface area contributed by atoms with E-state index >= 15 is 0 Å². The van der Waals surface area contributed by atoms with Gasteiger partial charge in [0.05, 0.1) is 12.6 Å². The number of esters is 1. The first kappa shape index (κ1) is 12.5. The molecule has 1 heterocycles. The normalized spacial score (nSPS) is 23.1. The van der Waals surface area contributed by atoms with Gasteiger partial charge >= 0.3 is 5.97 Å². The van der Waals surface area contributed by atoms with Crippen molar-refractivity contribution in [1.82, 2.24) is 4.90 Å². The molecule has 0 saturated carbocycles. The van der Waals surface area contributed by atoms with Crippen molar-refractivity contribution in [2.45, 2.75) is 32.8 Å². The van der Waals surface area contributed by atoms with Gasteiger partial charge in [0, 0.05) is 13.2 Å². The van der Waals surface area contributed by atoms with Crippen molar-refractivity contribution in [2.75, 3.05) is 26.2 Å². The Kier molecular flexibility index (Phi) is 5.05. The summed E-state index contributed by atoms with van der Waals surface area (Å²) in [6, 6.07) is 0. The van der Waals surface area contributed by atoms with Gasteiger partial charge in [0.25, 0.3) is 0 Å². The summed E-state index contributed by atoms with van der Waals surface area (Å²) in [5, 5.41) is 9.05. The topological polar surface area (TPSA) is 49.8 Å². The highest BCUT2D eigenvalue weighted by atomic mass is 16.5. The SMILES string of the molecule is CC(C)OC(=O)CN1CCCC(CO)C1. The van der Waals surface area contributed by atoms with Gasteiger partial charge in [-0.05, 0) is 39.2 Å². The van der Waals surface area contributed by atoms with E-state index in [0.717, 1.165) is 25.9 Å². The molecule has 15 heavy (non-hydrogen) atoms. The summed E-state index contributed by atoms with van der Waals surface area (Å²) >= 11 is 0. The van der Waals surface area contributed by atoms with Crippen LogP contribution in [0.25, 0.3) is 0 Å². The molecular formula is C11H21NO3. The number of ether oxygens (including phenoxy) is 1. The molecule has 0 aromatic carbocycles. The van der Waals surface area contributed by atoms with Crippen LogP contribution in [0.15, 0.2) is 0 Å². The molecule has 0 aromatic rings. The van der Waals surface area contributed by atoms with Crippen molar-refractivity contribution in [3.63, 3.8) is 0 Å². The minimum absolute atomic E-state index is 0.0454. The first-order valence-corrected chi connectivity index (χ1v) is 5.64. The Hall–Kier alpha value is -0.610. The molecule has 0 bridgehead atoms. The monoisotopic (exact) mass is 215 g/mol. The van der Waals surface area contributed by atoms with E-state index in [-0.39, 0.29) is 18.7 Å². The largest absolute Gasteiger partial charge is 0.462 e. The predicted molar refractivity (Wildman–Crippen MR) is 57.5 cm³/mol. The minimum Gasteiger partial charge on any atom is -0.462 e. The van der Waals surface area contributed by atoms with Crippen LogP contribution in [0.1, 0.15) is 26.7 Å².